The summed E-state index contributed by atoms with van der Waals surface area (Å²) in [5.74, 6) is -0.409. The van der Waals surface area contributed by atoms with Gasteiger partial charge < -0.3 is 31.1 Å². The Balaban J connectivity index is 0.000000417. The highest BCUT2D eigenvalue weighted by atomic mass is 79.9. The van der Waals surface area contributed by atoms with E-state index in [0.717, 1.165) is 39.3 Å². The smallest absolute Gasteiger partial charge is 0.146 e. The SMILES string of the molecule is C.CN(C)CCN.CN(C)CCNc1ccccc1F.CN(C)CCNc1ccccc1P(c1ccccc1)c1ccccc1.Fc1ccccc1Br. The Morgan fingerprint density at radius 2 is 0.925 bits per heavy atom. The Morgan fingerprint density at radius 1 is 0.528 bits per heavy atom. The summed E-state index contributed by atoms with van der Waals surface area (Å²) in [4.78, 5) is 6.31. The number of rotatable bonds is 13. The van der Waals surface area contributed by atoms with Gasteiger partial charge >= 0.3 is 0 Å². The van der Waals surface area contributed by atoms with Crippen molar-refractivity contribution < 1.29 is 8.78 Å². The first kappa shape index (κ1) is 47.3. The fourth-order valence-electron chi connectivity index (χ4n) is 4.53. The normalized spacial score (nSPS) is 10.3. The Morgan fingerprint density at radius 3 is 1.32 bits per heavy atom. The quantitative estimate of drug-likeness (QED) is 0.105. The zero-order chi connectivity index (χ0) is 38.1. The third-order valence-electron chi connectivity index (χ3n) is 7.20. The predicted molar refractivity (Wildman–Crippen MR) is 234 cm³/mol. The van der Waals surface area contributed by atoms with E-state index >= 15 is 0 Å². The minimum Gasteiger partial charge on any atom is -0.383 e. The molecule has 0 aliphatic rings. The molecule has 5 aromatic carbocycles. The fraction of sp³-hybridized carbons (Fsp3) is 0.302. The molecular weight excluding hydrogens is 749 g/mol. The van der Waals surface area contributed by atoms with Crippen LogP contribution in [0, 0.1) is 11.6 Å². The molecule has 6 nitrogen and oxygen atoms in total. The lowest BCUT2D eigenvalue weighted by molar-refractivity contribution is 0.420. The molecule has 10 heteroatoms. The number of hydrogen-bond acceptors (Lipinski definition) is 6. The van der Waals surface area contributed by atoms with Crippen LogP contribution in [0.1, 0.15) is 7.43 Å². The van der Waals surface area contributed by atoms with Gasteiger partial charge in [0.1, 0.15) is 11.6 Å². The van der Waals surface area contributed by atoms with Crippen LogP contribution >= 0.6 is 23.9 Å². The second-order valence-corrected chi connectivity index (χ2v) is 15.5. The van der Waals surface area contributed by atoms with Crippen LogP contribution in [0.4, 0.5) is 20.2 Å². The summed E-state index contributed by atoms with van der Waals surface area (Å²) in [6, 6.07) is 43.6. The van der Waals surface area contributed by atoms with Crippen LogP contribution in [0.2, 0.25) is 0 Å². The van der Waals surface area contributed by atoms with Gasteiger partial charge in [0.2, 0.25) is 0 Å². The molecule has 0 atom stereocenters. The van der Waals surface area contributed by atoms with Gasteiger partial charge in [-0.15, -0.1) is 0 Å². The van der Waals surface area contributed by atoms with Gasteiger partial charge in [-0.25, -0.2) is 8.78 Å². The topological polar surface area (TPSA) is 59.8 Å². The number of nitrogens with one attached hydrogen (secondary N) is 2. The van der Waals surface area contributed by atoms with Crippen molar-refractivity contribution in [3.05, 3.63) is 150 Å². The highest BCUT2D eigenvalue weighted by Gasteiger charge is 2.19. The summed E-state index contributed by atoms with van der Waals surface area (Å²) in [5, 5.41) is 10.8. The largest absolute Gasteiger partial charge is 0.383 e. The van der Waals surface area contributed by atoms with E-state index in [-0.39, 0.29) is 19.1 Å². The van der Waals surface area contributed by atoms with Crippen LogP contribution in [0.3, 0.4) is 0 Å². The third kappa shape index (κ3) is 19.8. The first-order valence-corrected chi connectivity index (χ1v) is 19.4. The average molecular weight is 810 g/mol. The molecule has 0 saturated carbocycles. The molecule has 0 bridgehead atoms. The van der Waals surface area contributed by atoms with Crippen LogP contribution in [0.5, 0.6) is 0 Å². The lowest BCUT2D eigenvalue weighted by atomic mass is 10.3. The summed E-state index contributed by atoms with van der Waals surface area (Å²) in [7, 11) is 11.6. The number of nitrogens with zero attached hydrogens (tertiary/aromatic N) is 3. The molecule has 0 spiro atoms. The molecule has 0 radical (unpaired) electrons. The van der Waals surface area contributed by atoms with Crippen molar-refractivity contribution in [3.8, 4) is 0 Å². The van der Waals surface area contributed by atoms with Crippen molar-refractivity contribution in [1.82, 2.24) is 14.7 Å². The number of hydrogen-bond donors (Lipinski definition) is 3. The monoisotopic (exact) mass is 808 g/mol. The molecule has 0 amide bonds. The van der Waals surface area contributed by atoms with Crippen molar-refractivity contribution >= 4 is 51.1 Å². The van der Waals surface area contributed by atoms with Gasteiger partial charge in [0.05, 0.1) is 10.2 Å². The molecule has 288 valence electrons. The molecule has 0 aliphatic carbocycles. The Bertz CT molecular complexity index is 1580. The lowest BCUT2D eigenvalue weighted by Crippen LogP contribution is -2.26. The molecule has 0 heterocycles. The molecule has 4 N–H and O–H groups in total. The summed E-state index contributed by atoms with van der Waals surface area (Å²) in [6.07, 6.45) is 0. The highest BCUT2D eigenvalue weighted by Crippen LogP contribution is 2.35. The van der Waals surface area contributed by atoms with E-state index in [1.807, 2.05) is 39.2 Å². The number of anilines is 2. The molecule has 0 aromatic heterocycles. The zero-order valence-corrected chi connectivity index (χ0v) is 33.9. The molecule has 0 fully saturated rings. The molecular formula is C43H60BrF2N6P. The van der Waals surface area contributed by atoms with Gasteiger partial charge in [0.15, 0.2) is 0 Å². The zero-order valence-electron chi connectivity index (χ0n) is 31.4. The number of likely N-dealkylation sites (N-methyl/N-ethyl adjacent to an activating group) is 3. The van der Waals surface area contributed by atoms with Gasteiger partial charge in [-0.1, -0.05) is 111 Å². The van der Waals surface area contributed by atoms with Crippen LogP contribution in [-0.4, -0.2) is 96.3 Å². The Labute approximate surface area is 328 Å². The highest BCUT2D eigenvalue weighted by molar-refractivity contribution is 9.10. The van der Waals surface area contributed by atoms with Crippen molar-refractivity contribution in [2.75, 3.05) is 92.2 Å². The lowest BCUT2D eigenvalue weighted by Gasteiger charge is -2.23. The minimum absolute atomic E-state index is 0. The maximum Gasteiger partial charge on any atom is 0.146 e. The van der Waals surface area contributed by atoms with E-state index in [4.69, 9.17) is 5.73 Å². The van der Waals surface area contributed by atoms with Gasteiger partial charge in [-0.2, -0.15) is 0 Å². The van der Waals surface area contributed by atoms with Gasteiger partial charge in [-0.05, 0) is 107 Å². The second-order valence-electron chi connectivity index (χ2n) is 12.5. The third-order valence-corrected chi connectivity index (χ3v) is 10.3. The van der Waals surface area contributed by atoms with E-state index in [0.29, 0.717) is 10.2 Å². The fourth-order valence-corrected chi connectivity index (χ4v) is 7.24. The van der Waals surface area contributed by atoms with Crippen molar-refractivity contribution in [3.63, 3.8) is 0 Å². The standard InChI is InChI=1S/C22H25N2P.C10H15FN2.C6H4BrF.C4H12N2.CH4/c1-24(2)18-17-23-21-15-9-10-16-22(21)25(19-11-5-3-6-12-19)20-13-7-4-8-14-20;1-13(2)8-7-12-10-6-4-3-5-9(10)11;7-5-3-1-2-4-6(5)8;1-6(2)4-3-5;/h3-16,23H,17-18H2,1-2H3;3-6,12H,7-8H2,1-2H3;1-4H;3-5H2,1-2H3;1H4. The molecule has 5 rings (SSSR count). The predicted octanol–water partition coefficient (Wildman–Crippen LogP) is 7.95. The van der Waals surface area contributed by atoms with E-state index in [9.17, 15) is 8.78 Å². The van der Waals surface area contributed by atoms with Crippen LogP contribution in [-0.2, 0) is 0 Å². The van der Waals surface area contributed by atoms with Crippen molar-refractivity contribution in [2.24, 2.45) is 5.73 Å². The van der Waals surface area contributed by atoms with Crippen LogP contribution < -0.4 is 32.3 Å². The number of nitrogens with two attached hydrogens (primary N) is 1. The van der Waals surface area contributed by atoms with E-state index in [1.165, 1.54) is 33.7 Å². The van der Waals surface area contributed by atoms with Crippen LogP contribution in [0.15, 0.2) is 138 Å². The van der Waals surface area contributed by atoms with E-state index in [2.05, 4.69) is 135 Å². The van der Waals surface area contributed by atoms with E-state index in [1.54, 1.807) is 30.3 Å². The average Bonchev–Trinajstić information content (AvgIpc) is 3.13. The van der Waals surface area contributed by atoms with Crippen molar-refractivity contribution in [2.45, 2.75) is 7.43 Å². The Kier molecular flexibility index (Phi) is 24.9. The summed E-state index contributed by atoms with van der Waals surface area (Å²) >= 11 is 3.02. The van der Waals surface area contributed by atoms with Gasteiger partial charge in [0.25, 0.3) is 0 Å². The first-order chi connectivity index (χ1) is 25.0. The van der Waals surface area contributed by atoms with Crippen LogP contribution in [0.25, 0.3) is 0 Å². The second kappa shape index (κ2) is 27.9. The van der Waals surface area contributed by atoms with Crippen molar-refractivity contribution in [1.29, 1.82) is 0 Å². The molecule has 0 saturated heterocycles. The number of para-hydroxylation sites is 2. The molecule has 0 unspecified atom stereocenters. The summed E-state index contributed by atoms with van der Waals surface area (Å²) in [6.45, 7) is 5.36. The number of benzene rings is 5. The van der Waals surface area contributed by atoms with Gasteiger partial charge in [0, 0.05) is 50.3 Å². The first-order valence-electron chi connectivity index (χ1n) is 17.3. The summed E-state index contributed by atoms with van der Waals surface area (Å²) in [5.41, 5.74) is 7.00. The maximum absolute atomic E-state index is 13.0. The molecule has 5 aromatic rings. The van der Waals surface area contributed by atoms with Gasteiger partial charge in [-0.3, -0.25) is 0 Å². The Hall–Kier alpha value is -3.69. The summed E-state index contributed by atoms with van der Waals surface area (Å²) < 4.78 is 25.8. The van der Waals surface area contributed by atoms with E-state index < -0.39 is 7.92 Å². The number of halogens is 3. The molecule has 53 heavy (non-hydrogen) atoms. The minimum atomic E-state index is -0.575. The maximum atomic E-state index is 13.0. The molecule has 0 aliphatic heterocycles.